The fourth-order valence-electron chi connectivity index (χ4n) is 1.86. The van der Waals surface area contributed by atoms with Crippen LogP contribution in [0.2, 0.25) is 0 Å². The maximum Gasteiger partial charge on any atom is 0.416 e. The monoisotopic (exact) mass is 296 g/mol. The maximum atomic E-state index is 12.5. The molecule has 3 rings (SSSR count). The molecule has 1 aromatic carbocycles. The van der Waals surface area contributed by atoms with Gasteiger partial charge in [-0.05, 0) is 17.7 Å². The van der Waals surface area contributed by atoms with E-state index in [1.54, 1.807) is 11.6 Å². The molecule has 0 amide bonds. The fraction of sp³-hybridized carbons (Fsp3) is 0.0769. The zero-order chi connectivity index (χ0) is 14.3. The fourth-order valence-corrected chi connectivity index (χ4v) is 2.54. The lowest BCUT2D eigenvalue weighted by atomic mass is 10.1. The van der Waals surface area contributed by atoms with Crippen molar-refractivity contribution in [2.24, 2.45) is 0 Å². The molecule has 3 nitrogen and oxygen atoms in total. The standard InChI is InChI=1S/C13H7F3N2OS/c14-13(15,16)9-3-1-8(2-4-9)10-7-17-12-18(11(10)19)5-6-20-12/h1-7H. The van der Waals surface area contributed by atoms with Crippen LogP contribution in [-0.2, 0) is 6.18 Å². The Morgan fingerprint density at radius 3 is 2.50 bits per heavy atom. The van der Waals surface area contributed by atoms with E-state index in [0.29, 0.717) is 10.5 Å². The summed E-state index contributed by atoms with van der Waals surface area (Å²) in [5.74, 6) is 0. The first-order valence-electron chi connectivity index (χ1n) is 5.59. The Morgan fingerprint density at radius 2 is 1.85 bits per heavy atom. The molecule has 102 valence electrons. The second-order valence-electron chi connectivity index (χ2n) is 4.11. The van der Waals surface area contributed by atoms with E-state index in [1.165, 1.54) is 34.1 Å². The Labute approximate surface area is 115 Å². The van der Waals surface area contributed by atoms with Crippen LogP contribution in [0.25, 0.3) is 16.1 Å². The molecule has 0 saturated heterocycles. The van der Waals surface area contributed by atoms with Crippen molar-refractivity contribution >= 4 is 16.3 Å². The summed E-state index contributed by atoms with van der Waals surface area (Å²) in [6.45, 7) is 0. The number of aromatic nitrogens is 2. The summed E-state index contributed by atoms with van der Waals surface area (Å²) in [5.41, 5.74) is -0.354. The minimum Gasteiger partial charge on any atom is -0.268 e. The number of halogens is 3. The third-order valence-corrected chi connectivity index (χ3v) is 3.64. The van der Waals surface area contributed by atoms with Gasteiger partial charge in [0.15, 0.2) is 4.96 Å². The number of rotatable bonds is 1. The van der Waals surface area contributed by atoms with Crippen LogP contribution in [0.15, 0.2) is 46.8 Å². The van der Waals surface area contributed by atoms with Crippen LogP contribution in [0.1, 0.15) is 5.56 Å². The molecule has 0 aliphatic carbocycles. The molecule has 0 aliphatic rings. The van der Waals surface area contributed by atoms with E-state index in [1.807, 2.05) is 0 Å². The van der Waals surface area contributed by atoms with Crippen LogP contribution in [-0.4, -0.2) is 9.38 Å². The Hall–Kier alpha value is -2.15. The summed E-state index contributed by atoms with van der Waals surface area (Å²) in [6.07, 6.45) is -1.41. The van der Waals surface area contributed by atoms with Crippen molar-refractivity contribution in [3.8, 4) is 11.1 Å². The van der Waals surface area contributed by atoms with E-state index in [9.17, 15) is 18.0 Å². The SMILES string of the molecule is O=c1c(-c2ccc(C(F)(F)F)cc2)cnc2sccn12. The zero-order valence-corrected chi connectivity index (χ0v) is 10.7. The molecule has 0 atom stereocenters. The second kappa shape index (κ2) is 4.45. The summed E-state index contributed by atoms with van der Waals surface area (Å²) < 4.78 is 38.8. The predicted molar refractivity (Wildman–Crippen MR) is 69.8 cm³/mol. The lowest BCUT2D eigenvalue weighted by molar-refractivity contribution is -0.137. The van der Waals surface area contributed by atoms with Crippen molar-refractivity contribution in [3.63, 3.8) is 0 Å². The number of nitrogens with zero attached hydrogens (tertiary/aromatic N) is 2. The van der Waals surface area contributed by atoms with E-state index in [0.717, 1.165) is 12.1 Å². The van der Waals surface area contributed by atoms with Gasteiger partial charge < -0.3 is 0 Å². The Balaban J connectivity index is 2.11. The van der Waals surface area contributed by atoms with Crippen molar-refractivity contribution in [1.82, 2.24) is 9.38 Å². The number of benzene rings is 1. The van der Waals surface area contributed by atoms with Crippen LogP contribution in [0, 0.1) is 0 Å². The van der Waals surface area contributed by atoms with Gasteiger partial charge in [-0.3, -0.25) is 9.20 Å². The number of hydrogen-bond acceptors (Lipinski definition) is 3. The minimum absolute atomic E-state index is 0.273. The molecule has 0 spiro atoms. The lowest BCUT2D eigenvalue weighted by Gasteiger charge is -2.07. The first-order chi connectivity index (χ1) is 9.47. The van der Waals surface area contributed by atoms with E-state index >= 15 is 0 Å². The summed E-state index contributed by atoms with van der Waals surface area (Å²) in [6, 6.07) is 4.47. The van der Waals surface area contributed by atoms with E-state index < -0.39 is 11.7 Å². The topological polar surface area (TPSA) is 34.4 Å². The van der Waals surface area contributed by atoms with Gasteiger partial charge in [-0.15, -0.1) is 11.3 Å². The summed E-state index contributed by atoms with van der Waals surface area (Å²) in [7, 11) is 0. The van der Waals surface area contributed by atoms with Gasteiger partial charge in [0.1, 0.15) is 0 Å². The number of alkyl halides is 3. The highest BCUT2D eigenvalue weighted by atomic mass is 32.1. The van der Waals surface area contributed by atoms with Crippen LogP contribution in [0.4, 0.5) is 13.2 Å². The van der Waals surface area contributed by atoms with Gasteiger partial charge in [0.05, 0.1) is 11.1 Å². The second-order valence-corrected chi connectivity index (χ2v) is 4.98. The minimum atomic E-state index is -4.39. The lowest BCUT2D eigenvalue weighted by Crippen LogP contribution is -2.14. The van der Waals surface area contributed by atoms with Crippen molar-refractivity contribution in [1.29, 1.82) is 0 Å². The highest BCUT2D eigenvalue weighted by Crippen LogP contribution is 2.30. The average molecular weight is 296 g/mol. The van der Waals surface area contributed by atoms with Gasteiger partial charge in [-0.1, -0.05) is 12.1 Å². The number of fused-ring (bicyclic) bond motifs is 1. The molecular weight excluding hydrogens is 289 g/mol. The largest absolute Gasteiger partial charge is 0.416 e. The molecule has 0 bridgehead atoms. The highest BCUT2D eigenvalue weighted by Gasteiger charge is 2.30. The zero-order valence-electron chi connectivity index (χ0n) is 9.89. The van der Waals surface area contributed by atoms with Crippen LogP contribution in [0.5, 0.6) is 0 Å². The molecule has 2 heterocycles. The van der Waals surface area contributed by atoms with Crippen molar-refractivity contribution in [3.05, 3.63) is 58.0 Å². The highest BCUT2D eigenvalue weighted by molar-refractivity contribution is 7.15. The number of thiazole rings is 1. The first-order valence-corrected chi connectivity index (χ1v) is 6.47. The van der Waals surface area contributed by atoms with Gasteiger partial charge in [0.25, 0.3) is 5.56 Å². The smallest absolute Gasteiger partial charge is 0.268 e. The third kappa shape index (κ3) is 2.09. The van der Waals surface area contributed by atoms with Crippen LogP contribution >= 0.6 is 11.3 Å². The van der Waals surface area contributed by atoms with Gasteiger partial charge in [0, 0.05) is 17.8 Å². The van der Waals surface area contributed by atoms with Gasteiger partial charge in [-0.25, -0.2) is 4.98 Å². The summed E-state index contributed by atoms with van der Waals surface area (Å²) in [4.78, 5) is 16.8. The predicted octanol–water partition coefficient (Wildman–Crippen LogP) is 3.44. The van der Waals surface area contributed by atoms with Crippen LogP contribution in [0.3, 0.4) is 0 Å². The van der Waals surface area contributed by atoms with Crippen molar-refractivity contribution in [2.75, 3.05) is 0 Å². The Bertz CT molecular complexity index is 818. The quantitative estimate of drug-likeness (QED) is 0.689. The molecule has 3 aromatic rings. The molecule has 7 heteroatoms. The Kier molecular flexibility index (Phi) is 2.86. The number of hydrogen-bond donors (Lipinski definition) is 0. The molecule has 0 radical (unpaired) electrons. The summed E-state index contributed by atoms with van der Waals surface area (Å²) >= 11 is 1.31. The van der Waals surface area contributed by atoms with Gasteiger partial charge >= 0.3 is 6.18 Å². The van der Waals surface area contributed by atoms with Crippen LogP contribution < -0.4 is 5.56 Å². The molecule has 0 N–H and O–H groups in total. The van der Waals surface area contributed by atoms with Gasteiger partial charge in [0.2, 0.25) is 0 Å². The van der Waals surface area contributed by atoms with Gasteiger partial charge in [-0.2, -0.15) is 13.2 Å². The molecule has 0 saturated carbocycles. The van der Waals surface area contributed by atoms with E-state index in [-0.39, 0.29) is 11.1 Å². The maximum absolute atomic E-state index is 12.5. The van der Waals surface area contributed by atoms with E-state index in [4.69, 9.17) is 0 Å². The average Bonchev–Trinajstić information content (AvgIpc) is 2.88. The molecule has 0 aliphatic heterocycles. The van der Waals surface area contributed by atoms with Crippen molar-refractivity contribution in [2.45, 2.75) is 6.18 Å². The molecular formula is C13H7F3N2OS. The molecule has 20 heavy (non-hydrogen) atoms. The molecule has 0 unspecified atom stereocenters. The first kappa shape index (κ1) is 12.9. The molecule has 0 fully saturated rings. The third-order valence-electron chi connectivity index (χ3n) is 2.87. The normalized spacial score (nSPS) is 11.9. The van der Waals surface area contributed by atoms with E-state index in [2.05, 4.69) is 4.98 Å². The summed E-state index contributed by atoms with van der Waals surface area (Å²) in [5, 5.41) is 1.72. The van der Waals surface area contributed by atoms with Crippen molar-refractivity contribution < 1.29 is 13.2 Å². The Morgan fingerprint density at radius 1 is 1.15 bits per heavy atom. The molecule has 2 aromatic heterocycles.